The van der Waals surface area contributed by atoms with E-state index in [1.165, 1.54) is 19.3 Å². The van der Waals surface area contributed by atoms with E-state index in [0.717, 1.165) is 35.9 Å². The number of nitrogens with zero attached hydrogens (tertiary/aromatic N) is 3. The van der Waals surface area contributed by atoms with Crippen LogP contribution in [0.1, 0.15) is 35.3 Å². The first-order chi connectivity index (χ1) is 11.2. The van der Waals surface area contributed by atoms with E-state index in [1.807, 2.05) is 24.6 Å². The van der Waals surface area contributed by atoms with Gasteiger partial charge in [0.1, 0.15) is 0 Å². The lowest BCUT2D eigenvalue weighted by Gasteiger charge is -2.26. The third-order valence-electron chi connectivity index (χ3n) is 4.17. The lowest BCUT2D eigenvalue weighted by molar-refractivity contribution is 0.0946. The van der Waals surface area contributed by atoms with Crippen LogP contribution in [0.3, 0.4) is 0 Å². The fraction of sp³-hybridized carbons (Fsp3) is 0.471. The summed E-state index contributed by atoms with van der Waals surface area (Å²) < 4.78 is 0. The smallest absolute Gasteiger partial charge is 0.252 e. The molecule has 2 aromatic rings. The van der Waals surface area contributed by atoms with Crippen molar-refractivity contribution in [2.24, 2.45) is 0 Å². The van der Waals surface area contributed by atoms with Crippen LogP contribution < -0.4 is 5.32 Å². The molecule has 5 nitrogen and oxygen atoms in total. The van der Waals surface area contributed by atoms with Crippen molar-refractivity contribution in [2.45, 2.75) is 26.2 Å². The molecule has 3 rings (SSSR count). The Morgan fingerprint density at radius 1 is 1.26 bits per heavy atom. The molecule has 1 N–H and O–H groups in total. The average Bonchev–Trinajstić information content (AvgIpc) is 3.02. The quantitative estimate of drug-likeness (QED) is 0.916. The summed E-state index contributed by atoms with van der Waals surface area (Å²) in [7, 11) is 0. The molecule has 1 amide bonds. The summed E-state index contributed by atoms with van der Waals surface area (Å²) in [6.45, 7) is 5.89. The summed E-state index contributed by atoms with van der Waals surface area (Å²) in [5.74, 6) is -0.0536. The molecule has 2 aromatic heterocycles. The standard InChI is InChI=1S/C17H22N4OS/c1-13-16(23-12-20-13)15-6-5-14(11-19-15)17(22)18-7-10-21-8-3-2-4-9-21/h5-6,11-12H,2-4,7-10H2,1H3,(H,18,22). The number of aromatic nitrogens is 2. The van der Waals surface area contributed by atoms with Crippen molar-refractivity contribution >= 4 is 17.2 Å². The molecule has 1 fully saturated rings. The van der Waals surface area contributed by atoms with Gasteiger partial charge in [-0.3, -0.25) is 9.78 Å². The first-order valence-corrected chi connectivity index (χ1v) is 8.99. The summed E-state index contributed by atoms with van der Waals surface area (Å²) in [4.78, 5) is 24.3. The van der Waals surface area contributed by atoms with Crippen molar-refractivity contribution in [3.8, 4) is 10.6 Å². The van der Waals surface area contributed by atoms with E-state index in [1.54, 1.807) is 17.5 Å². The van der Waals surface area contributed by atoms with Crippen LogP contribution in [0.4, 0.5) is 0 Å². The highest BCUT2D eigenvalue weighted by atomic mass is 32.1. The monoisotopic (exact) mass is 330 g/mol. The highest BCUT2D eigenvalue weighted by Crippen LogP contribution is 2.25. The van der Waals surface area contributed by atoms with Gasteiger partial charge in [-0.2, -0.15) is 0 Å². The molecule has 0 spiro atoms. The average molecular weight is 330 g/mol. The number of nitrogens with one attached hydrogen (secondary N) is 1. The van der Waals surface area contributed by atoms with Gasteiger partial charge in [-0.15, -0.1) is 11.3 Å². The molecule has 0 saturated carbocycles. The summed E-state index contributed by atoms with van der Waals surface area (Å²) >= 11 is 1.57. The van der Waals surface area contributed by atoms with Crippen LogP contribution in [0.2, 0.25) is 0 Å². The maximum atomic E-state index is 12.2. The number of amides is 1. The summed E-state index contributed by atoms with van der Waals surface area (Å²) in [6.07, 6.45) is 5.53. The number of rotatable bonds is 5. The number of carbonyl (C=O) groups excluding carboxylic acids is 1. The lowest BCUT2D eigenvalue weighted by atomic mass is 10.1. The van der Waals surface area contributed by atoms with E-state index in [4.69, 9.17) is 0 Å². The Hall–Kier alpha value is -1.79. The molecule has 122 valence electrons. The Balaban J connectivity index is 1.52. The molecule has 1 aliphatic rings. The summed E-state index contributed by atoms with van der Waals surface area (Å²) in [5.41, 5.74) is 4.26. The van der Waals surface area contributed by atoms with Crippen LogP contribution in [0.15, 0.2) is 23.8 Å². The van der Waals surface area contributed by atoms with Crippen molar-refractivity contribution in [3.63, 3.8) is 0 Å². The second-order valence-electron chi connectivity index (χ2n) is 5.86. The van der Waals surface area contributed by atoms with Crippen LogP contribution in [0, 0.1) is 6.92 Å². The number of pyridine rings is 1. The van der Waals surface area contributed by atoms with Gasteiger partial charge < -0.3 is 10.2 Å². The topological polar surface area (TPSA) is 58.1 Å². The van der Waals surface area contributed by atoms with Crippen molar-refractivity contribution in [2.75, 3.05) is 26.2 Å². The zero-order chi connectivity index (χ0) is 16.1. The van der Waals surface area contributed by atoms with Crippen molar-refractivity contribution < 1.29 is 4.79 Å². The van der Waals surface area contributed by atoms with Crippen LogP contribution >= 0.6 is 11.3 Å². The minimum atomic E-state index is -0.0536. The number of hydrogen-bond acceptors (Lipinski definition) is 5. The van der Waals surface area contributed by atoms with Crippen LogP contribution in [-0.4, -0.2) is 47.0 Å². The molecule has 1 aliphatic heterocycles. The van der Waals surface area contributed by atoms with E-state index in [0.29, 0.717) is 12.1 Å². The Labute approximate surface area is 140 Å². The van der Waals surface area contributed by atoms with Crippen LogP contribution in [-0.2, 0) is 0 Å². The number of piperidine rings is 1. The van der Waals surface area contributed by atoms with Crippen LogP contribution in [0.5, 0.6) is 0 Å². The number of carbonyl (C=O) groups is 1. The molecule has 0 bridgehead atoms. The number of likely N-dealkylation sites (tertiary alicyclic amines) is 1. The van der Waals surface area contributed by atoms with E-state index in [9.17, 15) is 4.79 Å². The van der Waals surface area contributed by atoms with Gasteiger partial charge in [-0.1, -0.05) is 6.42 Å². The Bertz CT molecular complexity index is 647. The second-order valence-corrected chi connectivity index (χ2v) is 6.71. The minimum absolute atomic E-state index is 0.0536. The van der Waals surface area contributed by atoms with Gasteiger partial charge >= 0.3 is 0 Å². The Kier molecular flexibility index (Phi) is 5.35. The molecule has 3 heterocycles. The van der Waals surface area contributed by atoms with Gasteiger partial charge in [-0.25, -0.2) is 4.98 Å². The summed E-state index contributed by atoms with van der Waals surface area (Å²) in [6, 6.07) is 3.72. The van der Waals surface area contributed by atoms with E-state index < -0.39 is 0 Å². The molecule has 6 heteroatoms. The van der Waals surface area contributed by atoms with E-state index >= 15 is 0 Å². The zero-order valence-corrected chi connectivity index (χ0v) is 14.2. The molecule has 0 aromatic carbocycles. The molecule has 23 heavy (non-hydrogen) atoms. The van der Waals surface area contributed by atoms with Gasteiger partial charge in [0, 0.05) is 19.3 Å². The van der Waals surface area contributed by atoms with Gasteiger partial charge in [0.15, 0.2) is 0 Å². The molecule has 0 unspecified atom stereocenters. The summed E-state index contributed by atoms with van der Waals surface area (Å²) in [5, 5.41) is 2.98. The highest BCUT2D eigenvalue weighted by Gasteiger charge is 2.12. The molecule has 0 atom stereocenters. The number of aryl methyl sites for hydroxylation is 1. The Morgan fingerprint density at radius 3 is 2.74 bits per heavy atom. The predicted octanol–water partition coefficient (Wildman–Crippen LogP) is 2.73. The van der Waals surface area contributed by atoms with Gasteiger partial charge in [0.25, 0.3) is 5.91 Å². The fourth-order valence-electron chi connectivity index (χ4n) is 2.82. The number of hydrogen-bond donors (Lipinski definition) is 1. The first-order valence-electron chi connectivity index (χ1n) is 8.11. The fourth-order valence-corrected chi connectivity index (χ4v) is 3.60. The van der Waals surface area contributed by atoms with Gasteiger partial charge in [0.05, 0.1) is 27.3 Å². The highest BCUT2D eigenvalue weighted by molar-refractivity contribution is 7.13. The Morgan fingerprint density at radius 2 is 2.09 bits per heavy atom. The van der Waals surface area contributed by atoms with E-state index in [-0.39, 0.29) is 5.91 Å². The molecular formula is C17H22N4OS. The first kappa shape index (κ1) is 16.1. The normalized spacial score (nSPS) is 15.5. The molecular weight excluding hydrogens is 308 g/mol. The predicted molar refractivity (Wildman–Crippen MR) is 92.7 cm³/mol. The van der Waals surface area contributed by atoms with Crippen LogP contribution in [0.25, 0.3) is 10.6 Å². The maximum absolute atomic E-state index is 12.2. The largest absolute Gasteiger partial charge is 0.351 e. The molecule has 0 radical (unpaired) electrons. The minimum Gasteiger partial charge on any atom is -0.351 e. The molecule has 0 aliphatic carbocycles. The van der Waals surface area contributed by atoms with Crippen molar-refractivity contribution in [1.29, 1.82) is 0 Å². The zero-order valence-electron chi connectivity index (χ0n) is 13.4. The third-order valence-corrected chi connectivity index (χ3v) is 5.12. The molecule has 1 saturated heterocycles. The third kappa shape index (κ3) is 4.14. The number of thiazole rings is 1. The lowest BCUT2D eigenvalue weighted by Crippen LogP contribution is -2.37. The SMILES string of the molecule is Cc1ncsc1-c1ccc(C(=O)NCCN2CCCCC2)cn1. The second kappa shape index (κ2) is 7.66. The maximum Gasteiger partial charge on any atom is 0.252 e. The van der Waals surface area contributed by atoms with Crippen molar-refractivity contribution in [3.05, 3.63) is 35.1 Å². The van der Waals surface area contributed by atoms with E-state index in [2.05, 4.69) is 20.2 Å². The van der Waals surface area contributed by atoms with Gasteiger partial charge in [-0.05, 0) is 45.0 Å². The van der Waals surface area contributed by atoms with Gasteiger partial charge in [0.2, 0.25) is 0 Å². The van der Waals surface area contributed by atoms with Crippen molar-refractivity contribution in [1.82, 2.24) is 20.2 Å².